The van der Waals surface area contributed by atoms with Crippen LogP contribution in [0, 0.1) is 5.92 Å². The standard InChI is InChI=1S/C21H25NO/c1-3-4-9-17(16(2)23)14-15-22-20-12-7-5-10-18(20)19-11-6-8-13-21(19)22/h5-8,10-13,17H,3-4,9,14-15H2,1-2H3. The molecule has 0 bridgehead atoms. The van der Waals surface area contributed by atoms with Crippen LogP contribution in [0.4, 0.5) is 0 Å². The van der Waals surface area contributed by atoms with Crippen LogP contribution in [0.25, 0.3) is 21.8 Å². The third-order valence-electron chi connectivity index (χ3n) is 4.86. The van der Waals surface area contributed by atoms with Crippen LogP contribution in [-0.2, 0) is 11.3 Å². The summed E-state index contributed by atoms with van der Waals surface area (Å²) in [7, 11) is 0. The van der Waals surface area contributed by atoms with E-state index in [9.17, 15) is 4.79 Å². The zero-order valence-corrected chi connectivity index (χ0v) is 14.1. The van der Waals surface area contributed by atoms with Crippen molar-refractivity contribution in [1.29, 1.82) is 0 Å². The average Bonchev–Trinajstić information content (AvgIpc) is 2.89. The summed E-state index contributed by atoms with van der Waals surface area (Å²) in [5.74, 6) is 0.522. The quantitative estimate of drug-likeness (QED) is 0.558. The van der Waals surface area contributed by atoms with Crippen molar-refractivity contribution in [3.8, 4) is 0 Å². The number of benzene rings is 2. The van der Waals surface area contributed by atoms with Gasteiger partial charge >= 0.3 is 0 Å². The maximum Gasteiger partial charge on any atom is 0.132 e. The second-order valence-corrected chi connectivity index (χ2v) is 6.42. The van der Waals surface area contributed by atoms with Gasteiger partial charge in [-0.05, 0) is 31.9 Å². The molecule has 1 heterocycles. The number of aryl methyl sites for hydroxylation is 1. The number of aromatic nitrogens is 1. The van der Waals surface area contributed by atoms with E-state index >= 15 is 0 Å². The average molecular weight is 307 g/mol. The predicted molar refractivity (Wildman–Crippen MR) is 97.8 cm³/mol. The van der Waals surface area contributed by atoms with Gasteiger partial charge in [0.05, 0.1) is 0 Å². The summed E-state index contributed by atoms with van der Waals surface area (Å²) in [5, 5.41) is 2.60. The van der Waals surface area contributed by atoms with E-state index in [-0.39, 0.29) is 5.92 Å². The Labute approximate surface area is 138 Å². The van der Waals surface area contributed by atoms with Crippen molar-refractivity contribution < 1.29 is 4.79 Å². The summed E-state index contributed by atoms with van der Waals surface area (Å²) < 4.78 is 2.38. The molecule has 0 aliphatic carbocycles. The lowest BCUT2D eigenvalue weighted by molar-refractivity contribution is -0.121. The number of carbonyl (C=O) groups is 1. The second kappa shape index (κ2) is 6.99. The molecule has 0 N–H and O–H groups in total. The first-order valence-electron chi connectivity index (χ1n) is 8.68. The van der Waals surface area contributed by atoms with Crippen molar-refractivity contribution in [3.05, 3.63) is 48.5 Å². The van der Waals surface area contributed by atoms with Gasteiger partial charge < -0.3 is 4.57 Å². The number of hydrogen-bond donors (Lipinski definition) is 0. The van der Waals surface area contributed by atoms with Gasteiger partial charge in [0, 0.05) is 34.3 Å². The monoisotopic (exact) mass is 307 g/mol. The Morgan fingerprint density at radius 1 is 0.957 bits per heavy atom. The first-order chi connectivity index (χ1) is 11.2. The van der Waals surface area contributed by atoms with Gasteiger partial charge in [-0.25, -0.2) is 0 Å². The summed E-state index contributed by atoms with van der Waals surface area (Å²) in [6.45, 7) is 4.83. The van der Waals surface area contributed by atoms with E-state index in [0.29, 0.717) is 5.78 Å². The minimum atomic E-state index is 0.190. The van der Waals surface area contributed by atoms with Gasteiger partial charge in [-0.3, -0.25) is 4.79 Å². The van der Waals surface area contributed by atoms with Gasteiger partial charge in [0.25, 0.3) is 0 Å². The number of carbonyl (C=O) groups excluding carboxylic acids is 1. The normalized spacial score (nSPS) is 12.8. The molecule has 1 aromatic heterocycles. The number of fused-ring (bicyclic) bond motifs is 3. The first kappa shape index (κ1) is 15.8. The Bertz CT molecular complexity index is 762. The fourth-order valence-electron chi connectivity index (χ4n) is 3.53. The zero-order valence-electron chi connectivity index (χ0n) is 14.1. The van der Waals surface area contributed by atoms with Crippen LogP contribution in [0.15, 0.2) is 48.5 Å². The maximum atomic E-state index is 11.9. The highest BCUT2D eigenvalue weighted by molar-refractivity contribution is 6.07. The largest absolute Gasteiger partial charge is 0.340 e. The number of para-hydroxylation sites is 2. The number of ketones is 1. The SMILES string of the molecule is CCCCC(CCn1c2ccccc2c2ccccc21)C(C)=O. The van der Waals surface area contributed by atoms with Crippen molar-refractivity contribution in [2.45, 2.75) is 46.1 Å². The van der Waals surface area contributed by atoms with Crippen LogP contribution in [0.5, 0.6) is 0 Å². The molecule has 1 atom stereocenters. The van der Waals surface area contributed by atoms with E-state index in [2.05, 4.69) is 60.0 Å². The minimum Gasteiger partial charge on any atom is -0.340 e. The van der Waals surface area contributed by atoms with E-state index in [1.165, 1.54) is 21.8 Å². The molecule has 1 unspecified atom stereocenters. The third-order valence-corrected chi connectivity index (χ3v) is 4.86. The molecule has 23 heavy (non-hydrogen) atoms. The Morgan fingerprint density at radius 3 is 2.04 bits per heavy atom. The molecule has 0 radical (unpaired) electrons. The number of rotatable bonds is 7. The molecule has 120 valence electrons. The molecule has 3 rings (SSSR count). The fraction of sp³-hybridized carbons (Fsp3) is 0.381. The van der Waals surface area contributed by atoms with Crippen molar-refractivity contribution in [2.75, 3.05) is 0 Å². The summed E-state index contributed by atoms with van der Waals surface area (Å²) in [5.41, 5.74) is 2.54. The van der Waals surface area contributed by atoms with E-state index in [1.807, 2.05) is 0 Å². The Morgan fingerprint density at radius 2 is 1.52 bits per heavy atom. The second-order valence-electron chi connectivity index (χ2n) is 6.42. The molecule has 0 aliphatic heterocycles. The highest BCUT2D eigenvalue weighted by Gasteiger charge is 2.15. The molecular weight excluding hydrogens is 282 g/mol. The molecule has 2 heteroatoms. The predicted octanol–water partition coefficient (Wildman–Crippen LogP) is 5.58. The number of nitrogens with zero attached hydrogens (tertiary/aromatic N) is 1. The molecule has 0 amide bonds. The molecule has 0 fully saturated rings. The van der Waals surface area contributed by atoms with Crippen molar-refractivity contribution >= 4 is 27.6 Å². The maximum absolute atomic E-state index is 11.9. The van der Waals surface area contributed by atoms with Crippen molar-refractivity contribution in [1.82, 2.24) is 4.57 Å². The van der Waals surface area contributed by atoms with Crippen LogP contribution < -0.4 is 0 Å². The molecule has 2 aromatic carbocycles. The van der Waals surface area contributed by atoms with Crippen LogP contribution in [0.2, 0.25) is 0 Å². The molecular formula is C21H25NO. The van der Waals surface area contributed by atoms with Crippen molar-refractivity contribution in [3.63, 3.8) is 0 Å². The number of unbranched alkanes of at least 4 members (excludes halogenated alkanes) is 1. The lowest BCUT2D eigenvalue weighted by Gasteiger charge is -2.15. The van der Waals surface area contributed by atoms with Crippen LogP contribution in [0.1, 0.15) is 39.5 Å². The smallest absolute Gasteiger partial charge is 0.132 e. The number of Topliss-reactive ketones (excluding diaryl/α,β-unsaturated/α-hetero) is 1. The summed E-state index contributed by atoms with van der Waals surface area (Å²) in [6.07, 6.45) is 4.23. The molecule has 2 nitrogen and oxygen atoms in total. The third kappa shape index (κ3) is 3.17. The lowest BCUT2D eigenvalue weighted by atomic mass is 9.95. The van der Waals surface area contributed by atoms with Crippen LogP contribution in [-0.4, -0.2) is 10.4 Å². The Kier molecular flexibility index (Phi) is 4.80. The van der Waals surface area contributed by atoms with Gasteiger partial charge in [-0.15, -0.1) is 0 Å². The van der Waals surface area contributed by atoms with Crippen molar-refractivity contribution in [2.24, 2.45) is 5.92 Å². The lowest BCUT2D eigenvalue weighted by Crippen LogP contribution is -2.14. The number of hydrogen-bond acceptors (Lipinski definition) is 1. The molecule has 0 aliphatic rings. The van der Waals surface area contributed by atoms with Gasteiger partial charge in [0.2, 0.25) is 0 Å². The molecule has 0 spiro atoms. The van der Waals surface area contributed by atoms with E-state index in [4.69, 9.17) is 0 Å². The summed E-state index contributed by atoms with van der Waals surface area (Å²) in [6, 6.07) is 17.1. The molecule has 3 aromatic rings. The first-order valence-corrected chi connectivity index (χ1v) is 8.68. The highest BCUT2D eigenvalue weighted by Crippen LogP contribution is 2.29. The van der Waals surface area contributed by atoms with Gasteiger partial charge in [0.1, 0.15) is 5.78 Å². The van der Waals surface area contributed by atoms with E-state index in [1.54, 1.807) is 6.92 Å². The van der Waals surface area contributed by atoms with Gasteiger partial charge in [-0.1, -0.05) is 56.2 Å². The zero-order chi connectivity index (χ0) is 16.2. The minimum absolute atomic E-state index is 0.190. The van der Waals surface area contributed by atoms with Crippen LogP contribution >= 0.6 is 0 Å². The summed E-state index contributed by atoms with van der Waals surface area (Å²) in [4.78, 5) is 11.9. The van der Waals surface area contributed by atoms with Gasteiger partial charge in [0.15, 0.2) is 0 Å². The van der Waals surface area contributed by atoms with E-state index in [0.717, 1.165) is 32.2 Å². The van der Waals surface area contributed by atoms with Gasteiger partial charge in [-0.2, -0.15) is 0 Å². The Hall–Kier alpha value is -2.09. The molecule has 0 saturated carbocycles. The molecule has 0 saturated heterocycles. The fourth-order valence-corrected chi connectivity index (χ4v) is 3.53. The summed E-state index contributed by atoms with van der Waals surface area (Å²) >= 11 is 0. The topological polar surface area (TPSA) is 22.0 Å². The van der Waals surface area contributed by atoms with E-state index < -0.39 is 0 Å². The van der Waals surface area contributed by atoms with Crippen LogP contribution in [0.3, 0.4) is 0 Å². The Balaban J connectivity index is 1.93. The highest BCUT2D eigenvalue weighted by atomic mass is 16.1.